The summed E-state index contributed by atoms with van der Waals surface area (Å²) in [6.07, 6.45) is 1.23. The second-order valence-electron chi connectivity index (χ2n) is 3.80. The predicted molar refractivity (Wildman–Crippen MR) is 70.4 cm³/mol. The molecule has 1 amide bonds. The number of amides is 1. The molecule has 2 rings (SSSR count). The van der Waals surface area contributed by atoms with Crippen molar-refractivity contribution in [2.75, 3.05) is 12.4 Å². The molecule has 92 valence electrons. The quantitative estimate of drug-likeness (QED) is 0.879. The Labute approximate surface area is 106 Å². The Hall–Kier alpha value is -2.36. The van der Waals surface area contributed by atoms with Gasteiger partial charge in [-0.15, -0.1) is 0 Å². The summed E-state index contributed by atoms with van der Waals surface area (Å²) in [4.78, 5) is 15.5. The lowest BCUT2D eigenvalue weighted by atomic mass is 10.0. The van der Waals surface area contributed by atoms with Gasteiger partial charge in [0.25, 0.3) is 0 Å². The van der Waals surface area contributed by atoms with Crippen molar-refractivity contribution in [3.05, 3.63) is 48.3 Å². The molecule has 0 saturated heterocycles. The number of methoxy groups -OCH3 is 1. The van der Waals surface area contributed by atoms with Gasteiger partial charge in [0.2, 0.25) is 0 Å². The Morgan fingerprint density at radius 3 is 2.61 bits per heavy atom. The number of nitrogens with one attached hydrogen (secondary N) is 1. The van der Waals surface area contributed by atoms with Crippen LogP contribution >= 0.6 is 0 Å². The first-order valence-corrected chi connectivity index (χ1v) is 5.58. The zero-order valence-corrected chi connectivity index (χ0v) is 10.3. The van der Waals surface area contributed by atoms with Crippen LogP contribution in [-0.2, 0) is 4.74 Å². The maximum Gasteiger partial charge on any atom is 0.411 e. The number of carbonyl (C=O) groups excluding carboxylic acids is 1. The van der Waals surface area contributed by atoms with E-state index < -0.39 is 6.09 Å². The molecule has 1 aromatic heterocycles. The molecule has 4 nitrogen and oxygen atoms in total. The maximum absolute atomic E-state index is 11.4. The van der Waals surface area contributed by atoms with Crippen molar-refractivity contribution in [1.29, 1.82) is 0 Å². The third-order valence-corrected chi connectivity index (χ3v) is 2.64. The molecule has 0 aliphatic heterocycles. The minimum absolute atomic E-state index is 0.497. The Balaban J connectivity index is 2.48. The van der Waals surface area contributed by atoms with Crippen LogP contribution in [0.25, 0.3) is 11.1 Å². The van der Waals surface area contributed by atoms with Gasteiger partial charge in [0.15, 0.2) is 0 Å². The van der Waals surface area contributed by atoms with Crippen molar-refractivity contribution < 1.29 is 9.53 Å². The lowest BCUT2D eigenvalue weighted by Crippen LogP contribution is -2.13. The van der Waals surface area contributed by atoms with Gasteiger partial charge < -0.3 is 4.74 Å². The third kappa shape index (κ3) is 2.48. The van der Waals surface area contributed by atoms with E-state index in [4.69, 9.17) is 0 Å². The Bertz CT molecular complexity index is 553. The predicted octanol–water partition coefficient (Wildman–Crippen LogP) is 3.24. The molecule has 4 heteroatoms. The fourth-order valence-electron chi connectivity index (χ4n) is 1.74. The summed E-state index contributed by atoms with van der Waals surface area (Å²) in [5.74, 6) is 0. The third-order valence-electron chi connectivity index (χ3n) is 2.64. The first-order chi connectivity index (χ1) is 8.72. The van der Waals surface area contributed by atoms with E-state index in [1.165, 1.54) is 7.11 Å². The molecule has 0 unspecified atom stereocenters. The second kappa shape index (κ2) is 5.31. The summed E-state index contributed by atoms with van der Waals surface area (Å²) in [5, 5.41) is 2.70. The molecule has 18 heavy (non-hydrogen) atoms. The van der Waals surface area contributed by atoms with E-state index in [-0.39, 0.29) is 0 Å². The largest absolute Gasteiger partial charge is 0.453 e. The summed E-state index contributed by atoms with van der Waals surface area (Å²) in [6, 6.07) is 11.7. The number of pyridine rings is 1. The van der Waals surface area contributed by atoms with Crippen molar-refractivity contribution in [1.82, 2.24) is 4.98 Å². The molecule has 2 aromatic rings. The molecular formula is C14H14N2O2. The number of nitrogens with zero attached hydrogens (tertiary/aromatic N) is 1. The van der Waals surface area contributed by atoms with E-state index in [0.717, 1.165) is 16.8 Å². The average Bonchev–Trinajstić information content (AvgIpc) is 2.42. The number of aryl methyl sites for hydroxylation is 1. The Morgan fingerprint density at radius 2 is 1.94 bits per heavy atom. The van der Waals surface area contributed by atoms with Crippen molar-refractivity contribution in [3.8, 4) is 11.1 Å². The summed E-state index contributed by atoms with van der Waals surface area (Å²) in [6.45, 7) is 1.84. The van der Waals surface area contributed by atoms with Gasteiger partial charge in [-0.3, -0.25) is 10.3 Å². The first kappa shape index (κ1) is 12.1. The zero-order chi connectivity index (χ0) is 13.0. The summed E-state index contributed by atoms with van der Waals surface area (Å²) >= 11 is 0. The highest BCUT2D eigenvalue weighted by Gasteiger charge is 2.11. The van der Waals surface area contributed by atoms with Crippen molar-refractivity contribution >= 4 is 11.8 Å². The molecule has 1 heterocycles. The molecule has 0 radical (unpaired) electrons. The molecule has 0 aliphatic rings. The van der Waals surface area contributed by atoms with Gasteiger partial charge in [-0.25, -0.2) is 4.79 Å². The number of aromatic nitrogens is 1. The Kier molecular flexibility index (Phi) is 3.57. The SMILES string of the molecule is COC(=O)Nc1c(-c2ccccc2)ccnc1C. The fourth-order valence-corrected chi connectivity index (χ4v) is 1.74. The topological polar surface area (TPSA) is 51.2 Å². The Morgan fingerprint density at radius 1 is 1.22 bits per heavy atom. The van der Waals surface area contributed by atoms with Gasteiger partial charge in [0.05, 0.1) is 18.5 Å². The minimum Gasteiger partial charge on any atom is -0.453 e. The summed E-state index contributed by atoms with van der Waals surface area (Å²) in [7, 11) is 1.34. The lowest BCUT2D eigenvalue weighted by molar-refractivity contribution is 0.187. The molecule has 1 N–H and O–H groups in total. The molecule has 0 fully saturated rings. The molecule has 0 bridgehead atoms. The fraction of sp³-hybridized carbons (Fsp3) is 0.143. The van der Waals surface area contributed by atoms with Crippen LogP contribution in [-0.4, -0.2) is 18.2 Å². The summed E-state index contributed by atoms with van der Waals surface area (Å²) in [5.41, 5.74) is 3.38. The van der Waals surface area contributed by atoms with Crippen LogP contribution in [0.15, 0.2) is 42.6 Å². The summed E-state index contributed by atoms with van der Waals surface area (Å²) < 4.78 is 4.62. The van der Waals surface area contributed by atoms with Gasteiger partial charge in [0, 0.05) is 11.8 Å². The number of carbonyl (C=O) groups is 1. The standard InChI is InChI=1S/C14H14N2O2/c1-10-13(16-14(17)18-2)12(8-9-15-10)11-6-4-3-5-7-11/h3-9H,1-2H3,(H,16,17). The van der Waals surface area contributed by atoms with E-state index in [1.807, 2.05) is 43.3 Å². The van der Waals surface area contributed by atoms with Crippen LogP contribution in [0.1, 0.15) is 5.69 Å². The van der Waals surface area contributed by atoms with Crippen molar-refractivity contribution in [2.45, 2.75) is 6.92 Å². The van der Waals surface area contributed by atoms with Crippen LogP contribution in [0.2, 0.25) is 0 Å². The number of ether oxygens (including phenoxy) is 1. The minimum atomic E-state index is -0.497. The van der Waals surface area contributed by atoms with Gasteiger partial charge in [-0.1, -0.05) is 30.3 Å². The highest BCUT2D eigenvalue weighted by molar-refractivity contribution is 5.92. The molecule has 1 aromatic carbocycles. The zero-order valence-electron chi connectivity index (χ0n) is 10.3. The monoisotopic (exact) mass is 242 g/mol. The maximum atomic E-state index is 11.4. The number of hydrogen-bond donors (Lipinski definition) is 1. The van der Waals surface area contributed by atoms with Crippen LogP contribution in [0.4, 0.5) is 10.5 Å². The van der Waals surface area contributed by atoms with Crippen LogP contribution in [0, 0.1) is 6.92 Å². The number of hydrogen-bond acceptors (Lipinski definition) is 3. The lowest BCUT2D eigenvalue weighted by Gasteiger charge is -2.12. The number of anilines is 1. The van der Waals surface area contributed by atoms with Crippen molar-refractivity contribution in [3.63, 3.8) is 0 Å². The van der Waals surface area contributed by atoms with E-state index in [9.17, 15) is 4.79 Å². The highest BCUT2D eigenvalue weighted by Crippen LogP contribution is 2.29. The van der Waals surface area contributed by atoms with Gasteiger partial charge >= 0.3 is 6.09 Å². The van der Waals surface area contributed by atoms with E-state index in [0.29, 0.717) is 5.69 Å². The highest BCUT2D eigenvalue weighted by atomic mass is 16.5. The molecule has 0 saturated carbocycles. The van der Waals surface area contributed by atoms with Crippen LogP contribution < -0.4 is 5.32 Å². The second-order valence-corrected chi connectivity index (χ2v) is 3.80. The van der Waals surface area contributed by atoms with E-state index >= 15 is 0 Å². The number of benzene rings is 1. The van der Waals surface area contributed by atoms with Crippen molar-refractivity contribution in [2.24, 2.45) is 0 Å². The van der Waals surface area contributed by atoms with Crippen LogP contribution in [0.5, 0.6) is 0 Å². The average molecular weight is 242 g/mol. The first-order valence-electron chi connectivity index (χ1n) is 5.58. The van der Waals surface area contributed by atoms with E-state index in [2.05, 4.69) is 15.0 Å². The normalized spacial score (nSPS) is 9.89. The molecular weight excluding hydrogens is 228 g/mol. The van der Waals surface area contributed by atoms with E-state index in [1.54, 1.807) is 6.20 Å². The van der Waals surface area contributed by atoms with Gasteiger partial charge in [-0.05, 0) is 18.6 Å². The van der Waals surface area contributed by atoms with Crippen LogP contribution in [0.3, 0.4) is 0 Å². The molecule has 0 spiro atoms. The number of rotatable bonds is 2. The molecule has 0 aliphatic carbocycles. The van der Waals surface area contributed by atoms with Gasteiger partial charge in [0.1, 0.15) is 0 Å². The smallest absolute Gasteiger partial charge is 0.411 e. The van der Waals surface area contributed by atoms with Gasteiger partial charge in [-0.2, -0.15) is 0 Å². The molecule has 0 atom stereocenters.